The van der Waals surface area contributed by atoms with Gasteiger partial charge in [-0.05, 0) is 42.8 Å². The quantitative estimate of drug-likeness (QED) is 0.637. The minimum atomic E-state index is -0.987. The Morgan fingerprint density at radius 2 is 1.80 bits per heavy atom. The Hall–Kier alpha value is -1.33. The van der Waals surface area contributed by atoms with Gasteiger partial charge in [-0.1, -0.05) is 28.1 Å². The van der Waals surface area contributed by atoms with Crippen LogP contribution in [-0.2, 0) is 10.8 Å². The van der Waals surface area contributed by atoms with E-state index < -0.39 is 10.8 Å². The molecule has 5 heteroatoms. The van der Waals surface area contributed by atoms with Gasteiger partial charge >= 0.3 is 0 Å². The SMILES string of the molecule is Nc1ccccc1OCCCS(=O)c1ccc(Br)cc1. The van der Waals surface area contributed by atoms with Gasteiger partial charge in [0.15, 0.2) is 0 Å². The normalized spacial score (nSPS) is 12.1. The van der Waals surface area contributed by atoms with Crippen LogP contribution in [0.3, 0.4) is 0 Å². The Morgan fingerprint density at radius 1 is 1.10 bits per heavy atom. The standard InChI is InChI=1S/C15H16BrNO2S/c16-12-6-8-13(9-7-12)20(18)11-3-10-19-15-5-2-1-4-14(15)17/h1-2,4-9H,3,10-11,17H2. The summed E-state index contributed by atoms with van der Waals surface area (Å²) in [6.07, 6.45) is 0.719. The van der Waals surface area contributed by atoms with E-state index in [2.05, 4.69) is 15.9 Å². The molecule has 106 valence electrons. The van der Waals surface area contributed by atoms with Crippen molar-refractivity contribution in [3.8, 4) is 5.75 Å². The number of hydrogen-bond donors (Lipinski definition) is 1. The van der Waals surface area contributed by atoms with Crippen LogP contribution in [0.5, 0.6) is 5.75 Å². The number of nitrogen functional groups attached to an aromatic ring is 1. The molecule has 20 heavy (non-hydrogen) atoms. The molecule has 0 aliphatic carbocycles. The molecule has 2 rings (SSSR count). The number of halogens is 1. The molecule has 1 unspecified atom stereocenters. The molecule has 0 saturated carbocycles. The summed E-state index contributed by atoms with van der Waals surface area (Å²) < 4.78 is 18.6. The topological polar surface area (TPSA) is 52.3 Å². The van der Waals surface area contributed by atoms with Crippen LogP contribution in [0.1, 0.15) is 6.42 Å². The van der Waals surface area contributed by atoms with Crippen molar-refractivity contribution in [3.05, 3.63) is 53.0 Å². The lowest BCUT2D eigenvalue weighted by molar-refractivity contribution is 0.320. The number of nitrogens with two attached hydrogens (primary N) is 1. The van der Waals surface area contributed by atoms with Crippen molar-refractivity contribution in [2.45, 2.75) is 11.3 Å². The first-order valence-electron chi connectivity index (χ1n) is 6.28. The lowest BCUT2D eigenvalue weighted by atomic mass is 10.3. The molecule has 0 spiro atoms. The Kier molecular flexibility index (Phi) is 5.61. The van der Waals surface area contributed by atoms with E-state index in [1.54, 1.807) is 6.07 Å². The van der Waals surface area contributed by atoms with Crippen LogP contribution >= 0.6 is 15.9 Å². The molecule has 2 aromatic carbocycles. The minimum absolute atomic E-state index is 0.510. The number of rotatable bonds is 6. The highest BCUT2D eigenvalue weighted by molar-refractivity contribution is 9.10. The van der Waals surface area contributed by atoms with Gasteiger partial charge in [0.1, 0.15) is 5.75 Å². The predicted molar refractivity (Wildman–Crippen MR) is 86.4 cm³/mol. The molecule has 0 heterocycles. The third kappa shape index (κ3) is 4.35. The fourth-order valence-corrected chi connectivity index (χ4v) is 3.01. The number of benzene rings is 2. The first kappa shape index (κ1) is 15.1. The lowest BCUT2D eigenvalue weighted by Crippen LogP contribution is -2.06. The van der Waals surface area contributed by atoms with E-state index in [1.807, 2.05) is 42.5 Å². The summed E-state index contributed by atoms with van der Waals surface area (Å²) in [6.45, 7) is 0.510. The second-order valence-electron chi connectivity index (χ2n) is 4.24. The fourth-order valence-electron chi connectivity index (χ4n) is 1.69. The first-order chi connectivity index (χ1) is 9.66. The lowest BCUT2D eigenvalue weighted by Gasteiger charge is -2.08. The molecule has 0 fully saturated rings. The van der Waals surface area contributed by atoms with Crippen molar-refractivity contribution in [2.75, 3.05) is 18.1 Å². The minimum Gasteiger partial charge on any atom is -0.491 e. The zero-order valence-electron chi connectivity index (χ0n) is 10.9. The van der Waals surface area contributed by atoms with E-state index in [0.29, 0.717) is 23.8 Å². The monoisotopic (exact) mass is 353 g/mol. The number of para-hydroxylation sites is 2. The van der Waals surface area contributed by atoms with Crippen molar-refractivity contribution >= 4 is 32.4 Å². The molecule has 0 bridgehead atoms. The van der Waals surface area contributed by atoms with Crippen LogP contribution in [0.2, 0.25) is 0 Å². The number of ether oxygens (including phenoxy) is 1. The van der Waals surface area contributed by atoms with E-state index in [-0.39, 0.29) is 0 Å². The van der Waals surface area contributed by atoms with Crippen molar-refractivity contribution in [3.63, 3.8) is 0 Å². The number of hydrogen-bond acceptors (Lipinski definition) is 3. The van der Waals surface area contributed by atoms with Crippen LogP contribution in [0.4, 0.5) is 5.69 Å². The summed E-state index contributed by atoms with van der Waals surface area (Å²) in [5.41, 5.74) is 6.40. The summed E-state index contributed by atoms with van der Waals surface area (Å²) in [5, 5.41) is 0. The highest BCUT2D eigenvalue weighted by atomic mass is 79.9. The molecule has 0 saturated heterocycles. The van der Waals surface area contributed by atoms with Crippen molar-refractivity contribution in [2.24, 2.45) is 0 Å². The molecular formula is C15H16BrNO2S. The molecule has 2 N–H and O–H groups in total. The fraction of sp³-hybridized carbons (Fsp3) is 0.200. The average molecular weight is 354 g/mol. The van der Waals surface area contributed by atoms with Crippen molar-refractivity contribution < 1.29 is 8.95 Å². The smallest absolute Gasteiger partial charge is 0.142 e. The Morgan fingerprint density at radius 3 is 2.50 bits per heavy atom. The maximum absolute atomic E-state index is 12.0. The largest absolute Gasteiger partial charge is 0.491 e. The van der Waals surface area contributed by atoms with Gasteiger partial charge < -0.3 is 10.5 Å². The van der Waals surface area contributed by atoms with Crippen LogP contribution in [0.25, 0.3) is 0 Å². The average Bonchev–Trinajstić information content (AvgIpc) is 2.46. The zero-order valence-corrected chi connectivity index (χ0v) is 13.3. The predicted octanol–water partition coefficient (Wildman–Crippen LogP) is 3.61. The zero-order chi connectivity index (χ0) is 14.4. The van der Waals surface area contributed by atoms with E-state index in [4.69, 9.17) is 10.5 Å². The molecule has 0 amide bonds. The van der Waals surface area contributed by atoms with E-state index >= 15 is 0 Å². The van der Waals surface area contributed by atoms with Gasteiger partial charge in [0.2, 0.25) is 0 Å². The van der Waals surface area contributed by atoms with Crippen LogP contribution in [0, 0.1) is 0 Å². The van der Waals surface area contributed by atoms with E-state index in [1.165, 1.54) is 0 Å². The molecule has 1 atom stereocenters. The highest BCUT2D eigenvalue weighted by Crippen LogP contribution is 2.20. The van der Waals surface area contributed by atoms with E-state index in [9.17, 15) is 4.21 Å². The molecular weight excluding hydrogens is 338 g/mol. The van der Waals surface area contributed by atoms with Crippen LogP contribution in [0.15, 0.2) is 57.9 Å². The molecule has 2 aromatic rings. The first-order valence-corrected chi connectivity index (χ1v) is 8.39. The van der Waals surface area contributed by atoms with Gasteiger partial charge in [-0.15, -0.1) is 0 Å². The second-order valence-corrected chi connectivity index (χ2v) is 6.73. The molecule has 0 aromatic heterocycles. The van der Waals surface area contributed by atoms with Gasteiger partial charge in [0.05, 0.1) is 23.1 Å². The Bertz CT molecular complexity index is 587. The molecule has 3 nitrogen and oxygen atoms in total. The van der Waals surface area contributed by atoms with Gasteiger partial charge in [-0.25, -0.2) is 0 Å². The summed E-state index contributed by atoms with van der Waals surface area (Å²) in [5.74, 6) is 1.26. The summed E-state index contributed by atoms with van der Waals surface area (Å²) >= 11 is 3.36. The third-order valence-corrected chi connectivity index (χ3v) is 4.71. The molecule has 0 radical (unpaired) electrons. The van der Waals surface area contributed by atoms with Gasteiger partial charge in [-0.2, -0.15) is 0 Å². The van der Waals surface area contributed by atoms with Crippen LogP contribution < -0.4 is 10.5 Å². The van der Waals surface area contributed by atoms with E-state index in [0.717, 1.165) is 15.8 Å². The second kappa shape index (κ2) is 7.45. The van der Waals surface area contributed by atoms with Crippen LogP contribution in [-0.4, -0.2) is 16.6 Å². The van der Waals surface area contributed by atoms with Gasteiger partial charge in [-0.3, -0.25) is 4.21 Å². The summed E-state index contributed by atoms with van der Waals surface area (Å²) in [7, 11) is -0.987. The third-order valence-electron chi connectivity index (χ3n) is 2.73. The van der Waals surface area contributed by atoms with Crippen molar-refractivity contribution in [1.82, 2.24) is 0 Å². The Labute approximate surface area is 129 Å². The van der Waals surface area contributed by atoms with Gasteiger partial charge in [0.25, 0.3) is 0 Å². The summed E-state index contributed by atoms with van der Waals surface area (Å²) in [4.78, 5) is 0.840. The summed E-state index contributed by atoms with van der Waals surface area (Å²) in [6, 6.07) is 14.9. The number of anilines is 1. The highest BCUT2D eigenvalue weighted by Gasteiger charge is 2.04. The molecule has 0 aliphatic heterocycles. The van der Waals surface area contributed by atoms with Crippen molar-refractivity contribution in [1.29, 1.82) is 0 Å². The Balaban J connectivity index is 1.77. The van der Waals surface area contributed by atoms with Gasteiger partial charge in [0, 0.05) is 15.1 Å². The maximum Gasteiger partial charge on any atom is 0.142 e. The molecule has 0 aliphatic rings. The maximum atomic E-state index is 12.0.